The van der Waals surface area contributed by atoms with E-state index in [0.29, 0.717) is 6.54 Å². The third-order valence-corrected chi connectivity index (χ3v) is 4.86. The third-order valence-electron chi connectivity index (χ3n) is 4.86. The van der Waals surface area contributed by atoms with Gasteiger partial charge in [-0.2, -0.15) is 0 Å². The van der Waals surface area contributed by atoms with E-state index in [9.17, 15) is 0 Å². The molecule has 2 N–H and O–H groups in total. The van der Waals surface area contributed by atoms with Crippen LogP contribution in [-0.2, 0) is 11.3 Å². The molecule has 0 unspecified atom stereocenters. The molecule has 1 aromatic rings. The third kappa shape index (κ3) is 5.61. The second kappa shape index (κ2) is 9.63. The van der Waals surface area contributed by atoms with Crippen molar-refractivity contribution in [3.63, 3.8) is 0 Å². The van der Waals surface area contributed by atoms with E-state index >= 15 is 0 Å². The Morgan fingerprint density at radius 1 is 1.28 bits per heavy atom. The minimum Gasteiger partial charge on any atom is -0.497 e. The van der Waals surface area contributed by atoms with Crippen LogP contribution >= 0.6 is 0 Å². The van der Waals surface area contributed by atoms with E-state index in [1.54, 1.807) is 7.11 Å². The molecule has 0 aromatic heterocycles. The second-order valence-electron chi connectivity index (χ2n) is 6.63. The van der Waals surface area contributed by atoms with E-state index in [0.717, 1.165) is 56.4 Å². The molecule has 140 valence electrons. The molecule has 2 rings (SSSR count). The highest BCUT2D eigenvalue weighted by Crippen LogP contribution is 2.25. The van der Waals surface area contributed by atoms with E-state index in [4.69, 9.17) is 14.5 Å². The van der Waals surface area contributed by atoms with Crippen LogP contribution in [-0.4, -0.2) is 63.9 Å². The summed E-state index contributed by atoms with van der Waals surface area (Å²) < 4.78 is 10.8. The Morgan fingerprint density at radius 3 is 2.68 bits per heavy atom. The maximum atomic E-state index is 5.54. The van der Waals surface area contributed by atoms with Crippen molar-refractivity contribution >= 4 is 5.96 Å². The second-order valence-corrected chi connectivity index (χ2v) is 6.63. The number of nitrogens with zero attached hydrogens (tertiary/aromatic N) is 2. The molecule has 1 aliphatic rings. The van der Waals surface area contributed by atoms with Crippen molar-refractivity contribution in [3.8, 4) is 5.75 Å². The Balaban J connectivity index is 2.01. The Labute approximate surface area is 151 Å². The van der Waals surface area contributed by atoms with Gasteiger partial charge >= 0.3 is 0 Å². The maximum absolute atomic E-state index is 5.54. The van der Waals surface area contributed by atoms with Crippen LogP contribution < -0.4 is 15.4 Å². The van der Waals surface area contributed by atoms with Gasteiger partial charge in [-0.25, -0.2) is 4.99 Å². The summed E-state index contributed by atoms with van der Waals surface area (Å²) in [5.74, 6) is 1.71. The molecule has 1 aromatic carbocycles. The molecule has 25 heavy (non-hydrogen) atoms. The fourth-order valence-electron chi connectivity index (χ4n) is 3.06. The van der Waals surface area contributed by atoms with Crippen molar-refractivity contribution in [3.05, 3.63) is 29.8 Å². The van der Waals surface area contributed by atoms with Gasteiger partial charge in [-0.1, -0.05) is 12.1 Å². The van der Waals surface area contributed by atoms with Crippen molar-refractivity contribution in [2.75, 3.05) is 47.5 Å². The van der Waals surface area contributed by atoms with E-state index in [-0.39, 0.29) is 5.54 Å². The first-order valence-corrected chi connectivity index (χ1v) is 9.00. The number of ether oxygens (including phenoxy) is 2. The number of likely N-dealkylation sites (N-methyl/N-ethyl adjacent to an activating group) is 1. The van der Waals surface area contributed by atoms with Gasteiger partial charge in [0.25, 0.3) is 0 Å². The molecule has 6 nitrogen and oxygen atoms in total. The summed E-state index contributed by atoms with van der Waals surface area (Å²) in [6, 6.07) is 8.03. The highest BCUT2D eigenvalue weighted by molar-refractivity contribution is 5.79. The normalized spacial score (nSPS) is 17.4. The molecule has 1 saturated heterocycles. The molecular formula is C19H32N4O2. The molecule has 0 aliphatic carbocycles. The maximum Gasteiger partial charge on any atom is 0.191 e. The predicted octanol–water partition coefficient (Wildman–Crippen LogP) is 1.86. The highest BCUT2D eigenvalue weighted by atomic mass is 16.5. The summed E-state index contributed by atoms with van der Waals surface area (Å²) in [5.41, 5.74) is 1.25. The van der Waals surface area contributed by atoms with Gasteiger partial charge in [0, 0.05) is 31.8 Å². The topological polar surface area (TPSA) is 58.1 Å². The number of hydrogen-bond acceptors (Lipinski definition) is 4. The monoisotopic (exact) mass is 348 g/mol. The van der Waals surface area contributed by atoms with Gasteiger partial charge in [0.15, 0.2) is 5.96 Å². The number of methoxy groups -OCH3 is 1. The number of rotatable bonds is 7. The molecule has 0 radical (unpaired) electrons. The molecular weight excluding hydrogens is 316 g/mol. The van der Waals surface area contributed by atoms with Gasteiger partial charge < -0.3 is 25.0 Å². The minimum absolute atomic E-state index is 0.115. The van der Waals surface area contributed by atoms with Crippen LogP contribution in [0.1, 0.15) is 25.3 Å². The zero-order valence-corrected chi connectivity index (χ0v) is 16.0. The first-order valence-electron chi connectivity index (χ1n) is 9.00. The molecule has 0 bridgehead atoms. The fraction of sp³-hybridized carbons (Fsp3) is 0.632. The average molecular weight is 348 g/mol. The Kier molecular flexibility index (Phi) is 7.52. The Morgan fingerprint density at radius 2 is 2.04 bits per heavy atom. The van der Waals surface area contributed by atoms with Gasteiger partial charge in [0.05, 0.1) is 13.7 Å². The van der Waals surface area contributed by atoms with Crippen LogP contribution in [0.2, 0.25) is 0 Å². The van der Waals surface area contributed by atoms with Crippen molar-refractivity contribution in [2.45, 2.75) is 31.8 Å². The van der Waals surface area contributed by atoms with Crippen LogP contribution in [0.3, 0.4) is 0 Å². The van der Waals surface area contributed by atoms with Gasteiger partial charge in [0.1, 0.15) is 5.75 Å². The summed E-state index contributed by atoms with van der Waals surface area (Å²) in [7, 11) is 5.98. The molecule has 0 saturated carbocycles. The van der Waals surface area contributed by atoms with E-state index in [1.807, 2.05) is 18.2 Å². The van der Waals surface area contributed by atoms with Crippen LogP contribution in [0.4, 0.5) is 0 Å². The van der Waals surface area contributed by atoms with Crippen molar-refractivity contribution in [1.82, 2.24) is 15.5 Å². The van der Waals surface area contributed by atoms with Crippen molar-refractivity contribution in [2.24, 2.45) is 4.99 Å². The van der Waals surface area contributed by atoms with Crippen LogP contribution in [0, 0.1) is 0 Å². The highest BCUT2D eigenvalue weighted by Gasteiger charge is 2.34. The van der Waals surface area contributed by atoms with Gasteiger partial charge in [-0.15, -0.1) is 0 Å². The molecule has 6 heteroatoms. The van der Waals surface area contributed by atoms with Crippen LogP contribution in [0.5, 0.6) is 5.75 Å². The number of nitrogens with one attached hydrogen (secondary N) is 2. The molecule has 0 atom stereocenters. The summed E-state index contributed by atoms with van der Waals surface area (Å²) in [6.07, 6.45) is 2.06. The van der Waals surface area contributed by atoms with Crippen molar-refractivity contribution < 1.29 is 9.47 Å². The quantitative estimate of drug-likeness (QED) is 0.582. The number of benzene rings is 1. The van der Waals surface area contributed by atoms with Crippen LogP contribution in [0.25, 0.3) is 0 Å². The number of guanidine groups is 1. The van der Waals surface area contributed by atoms with Gasteiger partial charge in [-0.3, -0.25) is 0 Å². The minimum atomic E-state index is 0.115. The van der Waals surface area contributed by atoms with E-state index in [1.165, 1.54) is 0 Å². The SMILES string of the molecule is CCNC(=NCc1cccc(OC)c1)NCC1(N(C)C)CCOCC1. The average Bonchev–Trinajstić information content (AvgIpc) is 2.64. The first kappa shape index (κ1) is 19.5. The Bertz CT molecular complexity index is 554. The molecule has 1 heterocycles. The standard InChI is InChI=1S/C19H32N4O2/c1-5-20-18(21-14-16-7-6-8-17(13-16)24-4)22-15-19(23(2)3)9-11-25-12-10-19/h6-8,13H,5,9-12,14-15H2,1-4H3,(H2,20,21,22). The smallest absolute Gasteiger partial charge is 0.191 e. The molecule has 0 amide bonds. The lowest BCUT2D eigenvalue weighted by molar-refractivity contribution is -0.00501. The lowest BCUT2D eigenvalue weighted by Gasteiger charge is -2.43. The van der Waals surface area contributed by atoms with Crippen molar-refractivity contribution in [1.29, 1.82) is 0 Å². The van der Waals surface area contributed by atoms with E-state index < -0.39 is 0 Å². The van der Waals surface area contributed by atoms with Gasteiger partial charge in [0.2, 0.25) is 0 Å². The van der Waals surface area contributed by atoms with E-state index in [2.05, 4.69) is 42.6 Å². The summed E-state index contributed by atoms with van der Waals surface area (Å²) in [5, 5.41) is 6.86. The lowest BCUT2D eigenvalue weighted by Crippen LogP contribution is -2.57. The molecule has 0 spiro atoms. The zero-order valence-electron chi connectivity index (χ0n) is 16.0. The van der Waals surface area contributed by atoms with Gasteiger partial charge in [-0.05, 0) is 51.6 Å². The first-order chi connectivity index (χ1) is 12.1. The summed E-state index contributed by atoms with van der Waals surface area (Å²) >= 11 is 0. The molecule has 1 fully saturated rings. The fourth-order valence-corrected chi connectivity index (χ4v) is 3.06. The Hall–Kier alpha value is -1.79. The summed E-state index contributed by atoms with van der Waals surface area (Å²) in [4.78, 5) is 7.04. The number of aliphatic imine (C=N–C) groups is 1. The largest absolute Gasteiger partial charge is 0.497 e. The lowest BCUT2D eigenvalue weighted by atomic mass is 9.88. The number of hydrogen-bond donors (Lipinski definition) is 2. The zero-order chi connectivity index (χ0) is 18.1. The molecule has 1 aliphatic heterocycles. The predicted molar refractivity (Wildman–Crippen MR) is 102 cm³/mol. The summed E-state index contributed by atoms with van der Waals surface area (Å²) in [6.45, 7) is 6.02. The van der Waals surface area contributed by atoms with Crippen LogP contribution in [0.15, 0.2) is 29.3 Å².